The van der Waals surface area contributed by atoms with E-state index in [0.29, 0.717) is 6.07 Å². The number of carboxylic acids is 1. The van der Waals surface area contributed by atoms with Crippen LogP contribution < -0.4 is 10.6 Å². The SMILES string of the molecule is CC(C)(C)[C@H](NC(=O)Nc1ccc(F)c(F)c1F)C(=O)O. The van der Waals surface area contributed by atoms with Crippen LogP contribution in [-0.2, 0) is 4.79 Å². The van der Waals surface area contributed by atoms with E-state index in [1.54, 1.807) is 20.8 Å². The van der Waals surface area contributed by atoms with E-state index >= 15 is 0 Å². The molecule has 0 aliphatic rings. The van der Waals surface area contributed by atoms with Crippen LogP contribution in [-0.4, -0.2) is 23.1 Å². The number of anilines is 1. The highest BCUT2D eigenvalue weighted by molar-refractivity contribution is 5.92. The van der Waals surface area contributed by atoms with Gasteiger partial charge in [0, 0.05) is 0 Å². The number of aliphatic carboxylic acids is 1. The number of carbonyl (C=O) groups excluding carboxylic acids is 1. The summed E-state index contributed by atoms with van der Waals surface area (Å²) in [5.41, 5.74) is -1.39. The van der Waals surface area contributed by atoms with Gasteiger partial charge < -0.3 is 15.7 Å². The maximum absolute atomic E-state index is 13.4. The Hall–Kier alpha value is -2.25. The topological polar surface area (TPSA) is 78.4 Å². The number of urea groups is 1. The molecule has 21 heavy (non-hydrogen) atoms. The largest absolute Gasteiger partial charge is 0.480 e. The fourth-order valence-electron chi connectivity index (χ4n) is 1.56. The zero-order valence-corrected chi connectivity index (χ0v) is 11.6. The summed E-state index contributed by atoms with van der Waals surface area (Å²) in [6, 6.07) is -0.805. The molecule has 0 fully saturated rings. The molecule has 0 aromatic heterocycles. The minimum Gasteiger partial charge on any atom is -0.480 e. The third-order valence-electron chi connectivity index (χ3n) is 2.67. The molecule has 0 aliphatic carbocycles. The second kappa shape index (κ2) is 6.02. The van der Waals surface area contributed by atoms with Crippen LogP contribution in [0.15, 0.2) is 12.1 Å². The van der Waals surface area contributed by atoms with Gasteiger partial charge in [0.1, 0.15) is 6.04 Å². The van der Waals surface area contributed by atoms with E-state index in [2.05, 4.69) is 5.32 Å². The lowest BCUT2D eigenvalue weighted by molar-refractivity contribution is -0.141. The van der Waals surface area contributed by atoms with Crippen molar-refractivity contribution in [1.29, 1.82) is 0 Å². The van der Waals surface area contributed by atoms with Gasteiger partial charge in [-0.25, -0.2) is 22.8 Å². The van der Waals surface area contributed by atoms with E-state index in [1.165, 1.54) is 0 Å². The Balaban J connectivity index is 2.87. The van der Waals surface area contributed by atoms with Crippen molar-refractivity contribution in [3.8, 4) is 0 Å². The normalized spacial score (nSPS) is 12.7. The number of carboxylic acid groups (broad SMARTS) is 1. The van der Waals surface area contributed by atoms with E-state index in [-0.39, 0.29) is 0 Å². The van der Waals surface area contributed by atoms with E-state index < -0.39 is 46.6 Å². The molecule has 2 amide bonds. The molecule has 0 saturated heterocycles. The molecule has 0 heterocycles. The second-order valence-corrected chi connectivity index (χ2v) is 5.46. The smallest absolute Gasteiger partial charge is 0.326 e. The van der Waals surface area contributed by atoms with Gasteiger partial charge in [-0.2, -0.15) is 0 Å². The molecule has 1 atom stereocenters. The Morgan fingerprint density at radius 1 is 1.14 bits per heavy atom. The molecule has 3 N–H and O–H groups in total. The van der Waals surface area contributed by atoms with Crippen molar-refractivity contribution in [3.63, 3.8) is 0 Å². The van der Waals surface area contributed by atoms with E-state index in [1.807, 2.05) is 5.32 Å². The Kier molecular flexibility index (Phi) is 4.82. The Morgan fingerprint density at radius 3 is 2.19 bits per heavy atom. The van der Waals surface area contributed by atoms with Crippen molar-refractivity contribution < 1.29 is 27.9 Å². The van der Waals surface area contributed by atoms with E-state index in [0.717, 1.165) is 6.07 Å². The van der Waals surface area contributed by atoms with Crippen molar-refractivity contribution in [2.75, 3.05) is 5.32 Å². The van der Waals surface area contributed by atoms with Gasteiger partial charge in [-0.1, -0.05) is 20.8 Å². The van der Waals surface area contributed by atoms with Crippen molar-refractivity contribution >= 4 is 17.7 Å². The molecule has 116 valence electrons. The number of nitrogens with one attached hydrogen (secondary N) is 2. The Labute approximate surface area is 119 Å². The average molecular weight is 304 g/mol. The molecule has 0 aliphatic heterocycles. The molecular weight excluding hydrogens is 289 g/mol. The number of hydrogen-bond acceptors (Lipinski definition) is 2. The molecule has 0 bridgehead atoms. The van der Waals surface area contributed by atoms with Crippen LogP contribution in [0.3, 0.4) is 0 Å². The van der Waals surface area contributed by atoms with Gasteiger partial charge >= 0.3 is 12.0 Å². The number of benzene rings is 1. The minimum atomic E-state index is -1.72. The Morgan fingerprint density at radius 2 is 1.71 bits per heavy atom. The van der Waals surface area contributed by atoms with Gasteiger partial charge in [-0.05, 0) is 17.5 Å². The van der Waals surface area contributed by atoms with Crippen LogP contribution >= 0.6 is 0 Å². The quantitative estimate of drug-likeness (QED) is 0.751. The maximum Gasteiger partial charge on any atom is 0.326 e. The molecule has 8 heteroatoms. The van der Waals surface area contributed by atoms with Gasteiger partial charge in [0.25, 0.3) is 0 Å². The summed E-state index contributed by atoms with van der Waals surface area (Å²) in [5, 5.41) is 13.1. The molecule has 1 aromatic rings. The molecule has 0 spiro atoms. The minimum absolute atomic E-state index is 0.593. The first-order valence-electron chi connectivity index (χ1n) is 5.98. The lowest BCUT2D eigenvalue weighted by Crippen LogP contribution is -2.50. The monoisotopic (exact) mass is 304 g/mol. The van der Waals surface area contributed by atoms with Crippen LogP contribution in [0, 0.1) is 22.9 Å². The van der Waals surface area contributed by atoms with Gasteiger partial charge in [0.2, 0.25) is 0 Å². The predicted octanol–water partition coefficient (Wildman–Crippen LogP) is 2.72. The third kappa shape index (κ3) is 4.11. The number of halogens is 3. The summed E-state index contributed by atoms with van der Waals surface area (Å²) in [5.74, 6) is -5.95. The van der Waals surface area contributed by atoms with Crippen LogP contribution in [0.5, 0.6) is 0 Å². The third-order valence-corrected chi connectivity index (χ3v) is 2.67. The first-order chi connectivity index (χ1) is 9.54. The van der Waals surface area contributed by atoms with Crippen molar-refractivity contribution in [2.24, 2.45) is 5.41 Å². The number of amides is 2. The molecule has 0 radical (unpaired) electrons. The van der Waals surface area contributed by atoms with Gasteiger partial charge in [0.05, 0.1) is 5.69 Å². The second-order valence-electron chi connectivity index (χ2n) is 5.46. The van der Waals surface area contributed by atoms with Gasteiger partial charge in [0.15, 0.2) is 17.5 Å². The Bertz CT molecular complexity index is 571. The summed E-state index contributed by atoms with van der Waals surface area (Å²) in [4.78, 5) is 22.7. The van der Waals surface area contributed by atoms with Crippen molar-refractivity contribution in [1.82, 2.24) is 5.32 Å². The van der Waals surface area contributed by atoms with Gasteiger partial charge in [-0.15, -0.1) is 0 Å². The summed E-state index contributed by atoms with van der Waals surface area (Å²) in [6.45, 7) is 4.76. The summed E-state index contributed by atoms with van der Waals surface area (Å²) in [7, 11) is 0. The molecule has 1 aromatic carbocycles. The van der Waals surface area contributed by atoms with Gasteiger partial charge in [-0.3, -0.25) is 0 Å². The first kappa shape index (κ1) is 16.8. The highest BCUT2D eigenvalue weighted by Crippen LogP contribution is 2.21. The number of hydrogen-bond donors (Lipinski definition) is 3. The fraction of sp³-hybridized carbons (Fsp3) is 0.385. The van der Waals surface area contributed by atoms with Crippen LogP contribution in [0.4, 0.5) is 23.7 Å². The van der Waals surface area contributed by atoms with Crippen molar-refractivity contribution in [2.45, 2.75) is 26.8 Å². The molecule has 5 nitrogen and oxygen atoms in total. The molecule has 1 rings (SSSR count). The first-order valence-corrected chi connectivity index (χ1v) is 5.98. The van der Waals surface area contributed by atoms with Crippen molar-refractivity contribution in [3.05, 3.63) is 29.6 Å². The zero-order valence-electron chi connectivity index (χ0n) is 11.6. The maximum atomic E-state index is 13.4. The zero-order chi connectivity index (χ0) is 16.4. The molecule has 0 saturated carbocycles. The van der Waals surface area contributed by atoms with Crippen LogP contribution in [0.25, 0.3) is 0 Å². The van der Waals surface area contributed by atoms with Crippen LogP contribution in [0.1, 0.15) is 20.8 Å². The van der Waals surface area contributed by atoms with Crippen LogP contribution in [0.2, 0.25) is 0 Å². The predicted molar refractivity (Wildman–Crippen MR) is 69.3 cm³/mol. The highest BCUT2D eigenvalue weighted by atomic mass is 19.2. The number of carbonyl (C=O) groups is 2. The summed E-state index contributed by atoms with van der Waals surface area (Å²) < 4.78 is 39.1. The van der Waals surface area contributed by atoms with E-state index in [4.69, 9.17) is 5.11 Å². The molecule has 0 unspecified atom stereocenters. The average Bonchev–Trinajstić information content (AvgIpc) is 2.35. The fourth-order valence-corrected chi connectivity index (χ4v) is 1.56. The molecular formula is C13H15F3N2O3. The lowest BCUT2D eigenvalue weighted by Gasteiger charge is -2.27. The summed E-state index contributed by atoms with van der Waals surface area (Å²) in [6.07, 6.45) is 0. The lowest BCUT2D eigenvalue weighted by atomic mass is 9.87. The highest BCUT2D eigenvalue weighted by Gasteiger charge is 2.32. The van der Waals surface area contributed by atoms with E-state index in [9.17, 15) is 22.8 Å². The standard InChI is InChI=1S/C13H15F3N2O3/c1-13(2,3)10(11(19)20)18-12(21)17-7-5-4-6(14)8(15)9(7)16/h4-5,10H,1-3H3,(H,19,20)(H2,17,18,21)/t10-/m1/s1. The number of rotatable bonds is 3. The summed E-state index contributed by atoms with van der Waals surface area (Å²) >= 11 is 0.